The Morgan fingerprint density at radius 3 is 2.58 bits per heavy atom. The summed E-state index contributed by atoms with van der Waals surface area (Å²) in [5.41, 5.74) is 7.57. The third kappa shape index (κ3) is 3.72. The maximum atomic E-state index is 12.2. The molecule has 2 rings (SSSR count). The molecule has 2 aromatic carbocycles. The number of hydrogen-bond acceptors (Lipinski definition) is 2. The zero-order valence-corrected chi connectivity index (χ0v) is 12.4. The summed E-state index contributed by atoms with van der Waals surface area (Å²) in [6, 6.07) is 12.6. The monoisotopic (exact) mass is 313 g/mol. The van der Waals surface area contributed by atoms with Crippen molar-refractivity contribution in [2.75, 3.05) is 11.5 Å². The molecular formula is C14H13Cl2NOS. The van der Waals surface area contributed by atoms with Crippen molar-refractivity contribution in [2.45, 2.75) is 11.3 Å². The molecule has 1 atom stereocenters. The molecular weight excluding hydrogens is 301 g/mol. The van der Waals surface area contributed by atoms with E-state index in [0.29, 0.717) is 27.1 Å². The van der Waals surface area contributed by atoms with E-state index in [1.807, 2.05) is 24.3 Å². The molecule has 0 aliphatic carbocycles. The van der Waals surface area contributed by atoms with E-state index in [-0.39, 0.29) is 0 Å². The summed E-state index contributed by atoms with van der Waals surface area (Å²) in [5, 5.41) is 1.01. The van der Waals surface area contributed by atoms with Crippen molar-refractivity contribution < 1.29 is 4.21 Å². The summed E-state index contributed by atoms with van der Waals surface area (Å²) in [6.07, 6.45) is 0.641. The third-order valence-corrected chi connectivity index (χ3v) is 4.83. The Morgan fingerprint density at radius 1 is 1.11 bits per heavy atom. The summed E-state index contributed by atoms with van der Waals surface area (Å²) < 4.78 is 12.2. The van der Waals surface area contributed by atoms with Gasteiger partial charge < -0.3 is 5.73 Å². The van der Waals surface area contributed by atoms with Gasteiger partial charge in [0.15, 0.2) is 0 Å². The van der Waals surface area contributed by atoms with Crippen molar-refractivity contribution in [1.82, 2.24) is 0 Å². The number of hydrogen-bond donors (Lipinski definition) is 1. The quantitative estimate of drug-likeness (QED) is 0.869. The molecule has 0 aliphatic heterocycles. The van der Waals surface area contributed by atoms with Crippen LogP contribution < -0.4 is 5.73 Å². The van der Waals surface area contributed by atoms with E-state index in [0.717, 1.165) is 11.3 Å². The van der Waals surface area contributed by atoms with Crippen LogP contribution in [0.5, 0.6) is 0 Å². The van der Waals surface area contributed by atoms with Crippen LogP contribution in [0.1, 0.15) is 5.56 Å². The van der Waals surface area contributed by atoms with Crippen LogP contribution in [0.15, 0.2) is 47.4 Å². The number of para-hydroxylation sites is 1. The molecule has 100 valence electrons. The van der Waals surface area contributed by atoms with E-state index in [9.17, 15) is 4.21 Å². The van der Waals surface area contributed by atoms with Gasteiger partial charge in [0, 0.05) is 16.5 Å². The topological polar surface area (TPSA) is 43.1 Å². The maximum absolute atomic E-state index is 12.2. The second-order valence-corrected chi connectivity index (χ2v) is 6.46. The standard InChI is InChI=1S/C14H13Cl2NOS/c15-11-5-6-12(16)14(9-11)19(18)8-7-10-3-1-2-4-13(10)17/h1-6,9H,7-8,17H2. The first-order chi connectivity index (χ1) is 9.08. The molecule has 0 amide bonds. The molecule has 2 nitrogen and oxygen atoms in total. The molecule has 0 aromatic heterocycles. The Bertz CT molecular complexity index is 616. The van der Waals surface area contributed by atoms with E-state index in [2.05, 4.69) is 0 Å². The number of nitrogen functional groups attached to an aromatic ring is 1. The predicted molar refractivity (Wildman–Crippen MR) is 82.3 cm³/mol. The van der Waals surface area contributed by atoms with Crippen molar-refractivity contribution in [3.05, 3.63) is 58.1 Å². The molecule has 0 radical (unpaired) electrons. The lowest BCUT2D eigenvalue weighted by Gasteiger charge is -2.07. The molecule has 0 heterocycles. The Hall–Kier alpha value is -1.03. The van der Waals surface area contributed by atoms with Crippen LogP contribution in [0.4, 0.5) is 5.69 Å². The highest BCUT2D eigenvalue weighted by atomic mass is 35.5. The predicted octanol–water partition coefficient (Wildman–Crippen LogP) is 3.93. The molecule has 0 spiro atoms. The zero-order chi connectivity index (χ0) is 13.8. The van der Waals surface area contributed by atoms with Crippen molar-refractivity contribution in [2.24, 2.45) is 0 Å². The van der Waals surface area contributed by atoms with Crippen molar-refractivity contribution >= 4 is 39.7 Å². The Labute approximate surface area is 125 Å². The third-order valence-electron chi connectivity index (χ3n) is 2.75. The largest absolute Gasteiger partial charge is 0.399 e. The second kappa shape index (κ2) is 6.42. The molecule has 0 fully saturated rings. The van der Waals surface area contributed by atoms with Crippen LogP contribution in [0.3, 0.4) is 0 Å². The van der Waals surface area contributed by atoms with E-state index in [4.69, 9.17) is 28.9 Å². The van der Waals surface area contributed by atoms with Crippen LogP contribution in [0.2, 0.25) is 10.0 Å². The van der Waals surface area contributed by atoms with Crippen molar-refractivity contribution in [1.29, 1.82) is 0 Å². The first kappa shape index (κ1) is 14.4. The minimum absolute atomic E-state index is 0.467. The van der Waals surface area contributed by atoms with Gasteiger partial charge in [-0.1, -0.05) is 41.4 Å². The first-order valence-electron chi connectivity index (χ1n) is 5.75. The van der Waals surface area contributed by atoms with Gasteiger partial charge in [0.25, 0.3) is 0 Å². The highest BCUT2D eigenvalue weighted by molar-refractivity contribution is 7.85. The van der Waals surface area contributed by atoms with E-state index >= 15 is 0 Å². The lowest BCUT2D eigenvalue weighted by Crippen LogP contribution is -2.04. The normalized spacial score (nSPS) is 12.3. The van der Waals surface area contributed by atoms with Crippen LogP contribution in [-0.4, -0.2) is 9.96 Å². The summed E-state index contributed by atoms with van der Waals surface area (Å²) >= 11 is 11.9. The maximum Gasteiger partial charge on any atom is 0.0589 e. The molecule has 19 heavy (non-hydrogen) atoms. The van der Waals surface area contributed by atoms with Gasteiger partial charge in [-0.05, 0) is 36.2 Å². The molecule has 0 saturated heterocycles. The van der Waals surface area contributed by atoms with Gasteiger partial charge in [-0.3, -0.25) is 4.21 Å². The summed E-state index contributed by atoms with van der Waals surface area (Å²) in [6.45, 7) is 0. The number of nitrogens with two attached hydrogens (primary N) is 1. The summed E-state index contributed by atoms with van der Waals surface area (Å²) in [5.74, 6) is 0.467. The van der Waals surface area contributed by atoms with Gasteiger partial charge in [-0.2, -0.15) is 0 Å². The number of halogens is 2. The summed E-state index contributed by atoms with van der Waals surface area (Å²) in [4.78, 5) is 0.573. The smallest absolute Gasteiger partial charge is 0.0589 e. The van der Waals surface area contributed by atoms with E-state index < -0.39 is 10.8 Å². The Balaban J connectivity index is 2.10. The Kier molecular flexibility index (Phi) is 4.86. The number of benzene rings is 2. The average molecular weight is 314 g/mol. The van der Waals surface area contributed by atoms with Crippen LogP contribution in [0.25, 0.3) is 0 Å². The molecule has 0 aliphatic rings. The van der Waals surface area contributed by atoms with E-state index in [1.165, 1.54) is 0 Å². The highest BCUT2D eigenvalue weighted by Gasteiger charge is 2.10. The highest BCUT2D eigenvalue weighted by Crippen LogP contribution is 2.24. The lowest BCUT2D eigenvalue weighted by atomic mass is 10.1. The van der Waals surface area contributed by atoms with E-state index in [1.54, 1.807) is 18.2 Å². The lowest BCUT2D eigenvalue weighted by molar-refractivity contribution is 0.682. The molecule has 0 bridgehead atoms. The SMILES string of the molecule is Nc1ccccc1CCS(=O)c1cc(Cl)ccc1Cl. The molecule has 0 saturated carbocycles. The van der Waals surface area contributed by atoms with Gasteiger partial charge in [0.2, 0.25) is 0 Å². The van der Waals surface area contributed by atoms with Gasteiger partial charge in [0.05, 0.1) is 20.7 Å². The zero-order valence-electron chi connectivity index (χ0n) is 10.1. The van der Waals surface area contributed by atoms with Crippen molar-refractivity contribution in [3.8, 4) is 0 Å². The van der Waals surface area contributed by atoms with Gasteiger partial charge in [-0.15, -0.1) is 0 Å². The van der Waals surface area contributed by atoms with Crippen molar-refractivity contribution in [3.63, 3.8) is 0 Å². The Morgan fingerprint density at radius 2 is 1.84 bits per heavy atom. The van der Waals surface area contributed by atoms with Crippen LogP contribution in [-0.2, 0) is 17.2 Å². The molecule has 1 unspecified atom stereocenters. The molecule has 2 N–H and O–H groups in total. The van der Waals surface area contributed by atoms with Crippen LogP contribution in [0, 0.1) is 0 Å². The first-order valence-corrected chi connectivity index (χ1v) is 7.82. The number of rotatable bonds is 4. The number of anilines is 1. The second-order valence-electron chi connectivity index (χ2n) is 4.07. The van der Waals surface area contributed by atoms with Gasteiger partial charge in [-0.25, -0.2) is 0 Å². The van der Waals surface area contributed by atoms with Crippen LogP contribution >= 0.6 is 23.2 Å². The molecule has 5 heteroatoms. The van der Waals surface area contributed by atoms with Gasteiger partial charge >= 0.3 is 0 Å². The minimum Gasteiger partial charge on any atom is -0.399 e. The average Bonchev–Trinajstić information content (AvgIpc) is 2.40. The summed E-state index contributed by atoms with van der Waals surface area (Å²) in [7, 11) is -1.19. The van der Waals surface area contributed by atoms with Gasteiger partial charge in [0.1, 0.15) is 0 Å². The fraction of sp³-hybridized carbons (Fsp3) is 0.143. The fourth-order valence-corrected chi connectivity index (χ4v) is 3.51. The minimum atomic E-state index is -1.19. The fourth-order valence-electron chi connectivity index (χ4n) is 1.73. The number of aryl methyl sites for hydroxylation is 1. The molecule has 2 aromatic rings.